The van der Waals surface area contributed by atoms with E-state index in [-0.39, 0.29) is 6.42 Å². The van der Waals surface area contributed by atoms with Crippen molar-refractivity contribution < 1.29 is 19.1 Å². The zero-order valence-corrected chi connectivity index (χ0v) is 15.8. The molecular weight excluding hydrogens is 320 g/mol. The average molecular weight is 357 g/mol. The van der Waals surface area contributed by atoms with Crippen LogP contribution in [0.2, 0.25) is 0 Å². The van der Waals surface area contributed by atoms with E-state index in [2.05, 4.69) is 11.7 Å². The lowest BCUT2D eigenvalue weighted by Gasteiger charge is -2.09. The maximum absolute atomic E-state index is 11.7. The van der Waals surface area contributed by atoms with E-state index in [1.54, 1.807) is 0 Å². The molecule has 0 aromatic carbocycles. The van der Waals surface area contributed by atoms with Crippen LogP contribution in [0.5, 0.6) is 0 Å². The van der Waals surface area contributed by atoms with E-state index in [1.807, 2.05) is 0 Å². The lowest BCUT2D eigenvalue weighted by molar-refractivity contribution is -0.165. The quantitative estimate of drug-likeness (QED) is 0.190. The second-order valence-corrected chi connectivity index (χ2v) is 6.60. The third-order valence-corrected chi connectivity index (χ3v) is 4.20. The van der Waals surface area contributed by atoms with Crippen molar-refractivity contribution in [3.63, 3.8) is 0 Å². The van der Waals surface area contributed by atoms with Gasteiger partial charge in [0.1, 0.15) is 6.04 Å². The molecule has 0 radical (unpaired) electrons. The molecule has 0 rings (SSSR count). The van der Waals surface area contributed by atoms with Crippen LogP contribution >= 0.6 is 0 Å². The van der Waals surface area contributed by atoms with Crippen molar-refractivity contribution in [2.24, 2.45) is 11.5 Å². The first kappa shape index (κ1) is 23.7. The van der Waals surface area contributed by atoms with Crippen molar-refractivity contribution in [3.8, 4) is 0 Å². The van der Waals surface area contributed by atoms with Gasteiger partial charge < -0.3 is 16.2 Å². The minimum absolute atomic E-state index is 0.129. The fourth-order valence-corrected chi connectivity index (χ4v) is 2.55. The number of carbonyl (C=O) groups excluding carboxylic acids is 3. The number of esters is 2. The summed E-state index contributed by atoms with van der Waals surface area (Å²) in [6.07, 6.45) is 12.1. The molecule has 6 nitrogen and oxygen atoms in total. The fraction of sp³-hybridized carbons (Fsp3) is 0.842. The molecule has 4 N–H and O–H groups in total. The first-order valence-corrected chi connectivity index (χ1v) is 9.77. The van der Waals surface area contributed by atoms with Gasteiger partial charge >= 0.3 is 11.9 Å². The molecule has 0 heterocycles. The summed E-state index contributed by atoms with van der Waals surface area (Å²) in [5, 5.41) is 0. The summed E-state index contributed by atoms with van der Waals surface area (Å²) >= 11 is 0. The van der Waals surface area contributed by atoms with Crippen LogP contribution in [0.3, 0.4) is 0 Å². The summed E-state index contributed by atoms with van der Waals surface area (Å²) in [5.74, 6) is -2.56. The van der Waals surface area contributed by atoms with Crippen molar-refractivity contribution in [3.05, 3.63) is 0 Å². The highest BCUT2D eigenvalue weighted by Gasteiger charge is 2.22. The summed E-state index contributed by atoms with van der Waals surface area (Å²) in [6.45, 7) is 2.73. The molecule has 0 aliphatic heterocycles. The molecule has 0 aromatic heterocycles. The Labute approximate surface area is 152 Å². The van der Waals surface area contributed by atoms with Crippen LogP contribution in [0.4, 0.5) is 0 Å². The number of Topliss-reactive ketones (excluding diaryl/α,β-unsaturated/α-hetero) is 1. The maximum Gasteiger partial charge on any atom is 0.382 e. The molecule has 0 aromatic rings. The first-order chi connectivity index (χ1) is 12.0. The smallest absolute Gasteiger partial charge is 0.382 e. The summed E-state index contributed by atoms with van der Waals surface area (Å²) in [4.78, 5) is 34.9. The van der Waals surface area contributed by atoms with Gasteiger partial charge in [-0.2, -0.15) is 0 Å². The number of carbonyl (C=O) groups is 3. The highest BCUT2D eigenvalue weighted by molar-refractivity contribution is 6.35. The number of unbranched alkanes of at least 4 members (excludes halogenated alkanes) is 9. The zero-order valence-electron chi connectivity index (χ0n) is 15.8. The molecule has 0 saturated heterocycles. The number of ether oxygens (including phenoxy) is 1. The lowest BCUT2D eigenvalue weighted by Crippen LogP contribution is -2.35. The highest BCUT2D eigenvalue weighted by Crippen LogP contribution is 2.11. The first-order valence-electron chi connectivity index (χ1n) is 9.77. The molecular formula is C19H36N2O4. The largest absolute Gasteiger partial charge is 0.386 e. The van der Waals surface area contributed by atoms with Crippen LogP contribution in [0, 0.1) is 0 Å². The van der Waals surface area contributed by atoms with Gasteiger partial charge in [0.2, 0.25) is 5.78 Å². The molecule has 146 valence electrons. The molecule has 0 bridgehead atoms. The van der Waals surface area contributed by atoms with Crippen molar-refractivity contribution in [2.45, 2.75) is 96.4 Å². The van der Waals surface area contributed by atoms with Crippen molar-refractivity contribution in [2.75, 3.05) is 6.54 Å². The lowest BCUT2D eigenvalue weighted by atomic mass is 10.1. The van der Waals surface area contributed by atoms with Gasteiger partial charge in [-0.3, -0.25) is 4.79 Å². The topological polar surface area (TPSA) is 112 Å². The fourth-order valence-electron chi connectivity index (χ4n) is 2.55. The van der Waals surface area contributed by atoms with Gasteiger partial charge in [0.15, 0.2) is 0 Å². The van der Waals surface area contributed by atoms with Gasteiger partial charge in [-0.15, -0.1) is 0 Å². The summed E-state index contributed by atoms with van der Waals surface area (Å²) < 4.78 is 4.55. The molecule has 0 saturated carbocycles. The van der Waals surface area contributed by atoms with E-state index >= 15 is 0 Å². The second-order valence-electron chi connectivity index (χ2n) is 6.60. The predicted octanol–water partition coefficient (Wildman–Crippen LogP) is 3.00. The van der Waals surface area contributed by atoms with Crippen LogP contribution < -0.4 is 11.5 Å². The Morgan fingerprint density at radius 1 is 0.840 bits per heavy atom. The molecule has 0 fully saturated rings. The van der Waals surface area contributed by atoms with Crippen LogP contribution in [-0.2, 0) is 19.1 Å². The third-order valence-electron chi connectivity index (χ3n) is 4.20. The van der Waals surface area contributed by atoms with Gasteiger partial charge in [0.25, 0.3) is 0 Å². The highest BCUT2D eigenvalue weighted by atomic mass is 16.6. The molecule has 6 heteroatoms. The minimum atomic E-state index is -1.08. The summed E-state index contributed by atoms with van der Waals surface area (Å²) in [5.41, 5.74) is 11.0. The van der Waals surface area contributed by atoms with Gasteiger partial charge in [-0.1, -0.05) is 64.7 Å². The molecule has 0 amide bonds. The van der Waals surface area contributed by atoms with Gasteiger partial charge in [0.05, 0.1) is 0 Å². The number of hydrogen-bond donors (Lipinski definition) is 2. The van der Waals surface area contributed by atoms with Crippen molar-refractivity contribution in [1.29, 1.82) is 0 Å². The Balaban J connectivity index is 3.71. The number of hydrogen-bond acceptors (Lipinski definition) is 6. The Morgan fingerprint density at radius 3 is 1.96 bits per heavy atom. The normalized spacial score (nSPS) is 12.0. The predicted molar refractivity (Wildman–Crippen MR) is 98.8 cm³/mol. The number of nitrogens with two attached hydrogens (primary N) is 2. The minimum Gasteiger partial charge on any atom is -0.386 e. The van der Waals surface area contributed by atoms with Crippen LogP contribution in [-0.4, -0.2) is 30.3 Å². The van der Waals surface area contributed by atoms with Crippen LogP contribution in [0.1, 0.15) is 90.4 Å². The zero-order chi connectivity index (χ0) is 18.9. The van der Waals surface area contributed by atoms with Gasteiger partial charge in [-0.25, -0.2) is 9.59 Å². The van der Waals surface area contributed by atoms with Gasteiger partial charge in [0, 0.05) is 6.42 Å². The average Bonchev–Trinajstić information content (AvgIpc) is 2.60. The second kappa shape index (κ2) is 16.2. The van der Waals surface area contributed by atoms with Crippen molar-refractivity contribution >= 4 is 17.7 Å². The van der Waals surface area contributed by atoms with Crippen LogP contribution in [0.15, 0.2) is 0 Å². The summed E-state index contributed by atoms with van der Waals surface area (Å²) in [6, 6.07) is -0.879. The Morgan fingerprint density at radius 2 is 1.40 bits per heavy atom. The molecule has 0 unspecified atom stereocenters. The van der Waals surface area contributed by atoms with E-state index in [4.69, 9.17) is 11.5 Å². The van der Waals surface area contributed by atoms with E-state index in [1.165, 1.54) is 38.5 Å². The molecule has 1 atom stereocenters. The number of ketones is 1. The SMILES string of the molecule is CCCCCCCCCCCC(=O)C(=O)OC(=O)[C@@H](N)CCCCN. The number of rotatable bonds is 16. The van der Waals surface area contributed by atoms with Crippen molar-refractivity contribution in [1.82, 2.24) is 0 Å². The molecule has 0 spiro atoms. The van der Waals surface area contributed by atoms with E-state index in [0.29, 0.717) is 25.8 Å². The Bertz CT molecular complexity index is 386. The summed E-state index contributed by atoms with van der Waals surface area (Å²) in [7, 11) is 0. The Kier molecular flexibility index (Phi) is 15.4. The van der Waals surface area contributed by atoms with E-state index in [9.17, 15) is 14.4 Å². The van der Waals surface area contributed by atoms with Crippen LogP contribution in [0.25, 0.3) is 0 Å². The Hall–Kier alpha value is -1.27. The van der Waals surface area contributed by atoms with Gasteiger partial charge in [-0.05, 0) is 25.8 Å². The molecule has 0 aliphatic rings. The third kappa shape index (κ3) is 13.7. The molecule has 25 heavy (non-hydrogen) atoms. The standard InChI is InChI=1S/C19H36N2O4/c1-2-3-4-5-6-7-8-9-10-14-17(22)19(24)25-18(23)16(21)13-11-12-15-20/h16H,2-15,20-21H2,1H3/t16-/m0/s1. The maximum atomic E-state index is 11.7. The molecule has 0 aliphatic carbocycles. The van der Waals surface area contributed by atoms with E-state index in [0.717, 1.165) is 19.3 Å². The van der Waals surface area contributed by atoms with E-state index < -0.39 is 23.8 Å². The monoisotopic (exact) mass is 356 g/mol.